The van der Waals surface area contributed by atoms with Crippen LogP contribution in [0, 0.1) is 0 Å². The standard InChI is InChI=1S/C11H14ClN5/c1-11(2,3)17-10(14-15-16-17)8-5-4-7(13)6-9(8)12/h4-6H,13H2,1-3H3. The molecule has 5 nitrogen and oxygen atoms in total. The van der Waals surface area contributed by atoms with Crippen LogP contribution in [0.2, 0.25) is 5.02 Å². The number of anilines is 1. The molecule has 0 saturated heterocycles. The van der Waals surface area contributed by atoms with E-state index < -0.39 is 0 Å². The minimum absolute atomic E-state index is 0.205. The molecule has 0 spiro atoms. The summed E-state index contributed by atoms with van der Waals surface area (Å²) in [6.45, 7) is 6.08. The Kier molecular flexibility index (Phi) is 2.79. The van der Waals surface area contributed by atoms with Crippen molar-refractivity contribution < 1.29 is 0 Å². The molecular formula is C11H14ClN5. The molecule has 2 aromatic rings. The Labute approximate surface area is 105 Å². The molecule has 0 radical (unpaired) electrons. The highest BCUT2D eigenvalue weighted by Crippen LogP contribution is 2.29. The highest BCUT2D eigenvalue weighted by atomic mass is 35.5. The van der Waals surface area contributed by atoms with E-state index in [4.69, 9.17) is 17.3 Å². The Morgan fingerprint density at radius 2 is 2.00 bits per heavy atom. The van der Waals surface area contributed by atoms with Crippen LogP contribution in [0.3, 0.4) is 0 Å². The van der Waals surface area contributed by atoms with Gasteiger partial charge in [0.05, 0.1) is 10.6 Å². The van der Waals surface area contributed by atoms with Gasteiger partial charge in [0.25, 0.3) is 0 Å². The number of hydrogen-bond donors (Lipinski definition) is 1. The molecule has 6 heteroatoms. The van der Waals surface area contributed by atoms with Gasteiger partial charge in [0, 0.05) is 11.3 Å². The molecule has 0 amide bonds. The largest absolute Gasteiger partial charge is 0.399 e. The lowest BCUT2D eigenvalue weighted by molar-refractivity contribution is 0.351. The van der Waals surface area contributed by atoms with Crippen LogP contribution in [0.25, 0.3) is 11.4 Å². The van der Waals surface area contributed by atoms with E-state index >= 15 is 0 Å². The Bertz CT molecular complexity index is 541. The van der Waals surface area contributed by atoms with Gasteiger partial charge in [-0.25, -0.2) is 4.68 Å². The van der Waals surface area contributed by atoms with Crippen LogP contribution in [0.4, 0.5) is 5.69 Å². The van der Waals surface area contributed by atoms with Crippen molar-refractivity contribution in [3.8, 4) is 11.4 Å². The van der Waals surface area contributed by atoms with E-state index in [1.165, 1.54) is 0 Å². The van der Waals surface area contributed by atoms with Crippen LogP contribution in [0.15, 0.2) is 18.2 Å². The van der Waals surface area contributed by atoms with Crippen LogP contribution < -0.4 is 5.73 Å². The number of aromatic nitrogens is 4. The summed E-state index contributed by atoms with van der Waals surface area (Å²) in [4.78, 5) is 0. The molecule has 2 N–H and O–H groups in total. The third-order valence-electron chi connectivity index (χ3n) is 2.34. The van der Waals surface area contributed by atoms with Crippen molar-refractivity contribution >= 4 is 17.3 Å². The Balaban J connectivity index is 2.58. The third kappa shape index (κ3) is 2.24. The first-order valence-corrected chi connectivity index (χ1v) is 5.61. The Morgan fingerprint density at radius 1 is 1.29 bits per heavy atom. The molecule has 1 heterocycles. The monoisotopic (exact) mass is 251 g/mol. The summed E-state index contributed by atoms with van der Waals surface area (Å²) in [6.07, 6.45) is 0. The fourth-order valence-corrected chi connectivity index (χ4v) is 1.79. The molecule has 1 aromatic carbocycles. The molecule has 2 rings (SSSR count). The SMILES string of the molecule is CC(C)(C)n1nnnc1-c1ccc(N)cc1Cl. The maximum Gasteiger partial charge on any atom is 0.184 e. The summed E-state index contributed by atoms with van der Waals surface area (Å²) < 4.78 is 1.74. The van der Waals surface area contributed by atoms with Crippen LogP contribution in [0.1, 0.15) is 20.8 Å². The van der Waals surface area contributed by atoms with E-state index in [2.05, 4.69) is 15.5 Å². The number of nitrogens with zero attached hydrogens (tertiary/aromatic N) is 4. The number of benzene rings is 1. The normalized spacial score (nSPS) is 11.8. The fraction of sp³-hybridized carbons (Fsp3) is 0.364. The lowest BCUT2D eigenvalue weighted by Gasteiger charge is -2.20. The number of nitrogen functional groups attached to an aromatic ring is 1. The fourth-order valence-electron chi connectivity index (χ4n) is 1.52. The van der Waals surface area contributed by atoms with Crippen LogP contribution >= 0.6 is 11.6 Å². The van der Waals surface area contributed by atoms with Crippen molar-refractivity contribution in [3.63, 3.8) is 0 Å². The van der Waals surface area contributed by atoms with Crippen LogP contribution in [0.5, 0.6) is 0 Å². The molecule has 17 heavy (non-hydrogen) atoms. The zero-order valence-corrected chi connectivity index (χ0v) is 10.7. The summed E-state index contributed by atoms with van der Waals surface area (Å²) in [7, 11) is 0. The van der Waals surface area contributed by atoms with E-state index in [0.717, 1.165) is 5.56 Å². The maximum absolute atomic E-state index is 6.15. The molecule has 0 aliphatic rings. The van der Waals surface area contributed by atoms with E-state index in [0.29, 0.717) is 16.5 Å². The number of nitrogens with two attached hydrogens (primary N) is 1. The molecule has 0 unspecified atom stereocenters. The zero-order valence-electron chi connectivity index (χ0n) is 9.98. The lowest BCUT2D eigenvalue weighted by Crippen LogP contribution is -2.24. The predicted octanol–water partition coefficient (Wildman–Crippen LogP) is 2.33. The summed E-state index contributed by atoms with van der Waals surface area (Å²) in [5.74, 6) is 0.641. The van der Waals surface area contributed by atoms with Crippen LogP contribution in [-0.4, -0.2) is 20.2 Å². The van der Waals surface area contributed by atoms with Gasteiger partial charge in [-0.05, 0) is 49.4 Å². The van der Waals surface area contributed by atoms with Gasteiger partial charge < -0.3 is 5.73 Å². The molecule has 0 saturated carbocycles. The van der Waals surface area contributed by atoms with Crippen molar-refractivity contribution in [3.05, 3.63) is 23.2 Å². The van der Waals surface area contributed by atoms with Gasteiger partial charge >= 0.3 is 0 Å². The second kappa shape index (κ2) is 4.00. The Morgan fingerprint density at radius 3 is 2.59 bits per heavy atom. The van der Waals surface area contributed by atoms with Crippen molar-refractivity contribution in [2.24, 2.45) is 0 Å². The van der Waals surface area contributed by atoms with Gasteiger partial charge in [-0.3, -0.25) is 0 Å². The summed E-state index contributed by atoms with van der Waals surface area (Å²) in [5, 5.41) is 12.3. The smallest absolute Gasteiger partial charge is 0.184 e. The van der Waals surface area contributed by atoms with Gasteiger partial charge in [0.15, 0.2) is 5.82 Å². The molecule has 90 valence electrons. The quantitative estimate of drug-likeness (QED) is 0.790. The van der Waals surface area contributed by atoms with Gasteiger partial charge in [0.2, 0.25) is 0 Å². The van der Waals surface area contributed by atoms with Gasteiger partial charge in [-0.2, -0.15) is 0 Å². The number of hydrogen-bond acceptors (Lipinski definition) is 4. The molecule has 0 aliphatic heterocycles. The van der Waals surface area contributed by atoms with Crippen LogP contribution in [-0.2, 0) is 5.54 Å². The van der Waals surface area contributed by atoms with E-state index in [1.807, 2.05) is 26.8 Å². The molecule has 0 bridgehead atoms. The minimum atomic E-state index is -0.205. The molecule has 0 fully saturated rings. The van der Waals surface area contributed by atoms with Gasteiger partial charge in [-0.1, -0.05) is 11.6 Å². The molecule has 1 aromatic heterocycles. The predicted molar refractivity (Wildman–Crippen MR) is 67.7 cm³/mol. The van der Waals surface area contributed by atoms with E-state index in [1.54, 1.807) is 16.8 Å². The first kappa shape index (κ1) is 11.9. The third-order valence-corrected chi connectivity index (χ3v) is 2.65. The first-order chi connectivity index (χ1) is 7.89. The van der Waals surface area contributed by atoms with E-state index in [9.17, 15) is 0 Å². The van der Waals surface area contributed by atoms with Crippen molar-refractivity contribution in [2.45, 2.75) is 26.3 Å². The molecule has 0 atom stereocenters. The number of rotatable bonds is 1. The first-order valence-electron chi connectivity index (χ1n) is 5.24. The molecular weight excluding hydrogens is 238 g/mol. The van der Waals surface area contributed by atoms with Gasteiger partial charge in [-0.15, -0.1) is 5.10 Å². The number of tetrazole rings is 1. The number of halogens is 1. The maximum atomic E-state index is 6.15. The highest BCUT2D eigenvalue weighted by Gasteiger charge is 2.21. The summed E-state index contributed by atoms with van der Waals surface area (Å²) >= 11 is 6.15. The zero-order chi connectivity index (χ0) is 12.6. The minimum Gasteiger partial charge on any atom is -0.399 e. The second-order valence-electron chi connectivity index (χ2n) is 4.82. The Hall–Kier alpha value is -1.62. The average molecular weight is 252 g/mol. The summed E-state index contributed by atoms with van der Waals surface area (Å²) in [5.41, 5.74) is 6.85. The van der Waals surface area contributed by atoms with Crippen molar-refractivity contribution in [2.75, 3.05) is 5.73 Å². The second-order valence-corrected chi connectivity index (χ2v) is 5.23. The lowest BCUT2D eigenvalue weighted by atomic mass is 10.1. The topological polar surface area (TPSA) is 69.6 Å². The van der Waals surface area contributed by atoms with E-state index in [-0.39, 0.29) is 5.54 Å². The highest BCUT2D eigenvalue weighted by molar-refractivity contribution is 6.33. The summed E-state index contributed by atoms with van der Waals surface area (Å²) in [6, 6.07) is 5.30. The van der Waals surface area contributed by atoms with Crippen molar-refractivity contribution in [1.29, 1.82) is 0 Å². The average Bonchev–Trinajstić information content (AvgIpc) is 2.65. The van der Waals surface area contributed by atoms with Gasteiger partial charge in [0.1, 0.15) is 0 Å². The van der Waals surface area contributed by atoms with Crippen molar-refractivity contribution in [1.82, 2.24) is 20.2 Å². The molecule has 0 aliphatic carbocycles.